The molecule has 1 aromatic rings. The van der Waals surface area contributed by atoms with Gasteiger partial charge in [0.1, 0.15) is 9.77 Å². The van der Waals surface area contributed by atoms with Crippen LogP contribution in [-0.2, 0) is 14.8 Å². The molecule has 1 aliphatic carbocycles. The van der Waals surface area contributed by atoms with Gasteiger partial charge >= 0.3 is 5.97 Å². The molecule has 0 aromatic carbocycles. The van der Waals surface area contributed by atoms with Crippen LogP contribution in [0.2, 0.25) is 0 Å². The molecule has 0 bridgehead atoms. The molecule has 1 N–H and O–H groups in total. The molecule has 2 rings (SSSR count). The monoisotopic (exact) mass is 331 g/mol. The Bertz CT molecular complexity index is 635. The van der Waals surface area contributed by atoms with Crippen LogP contribution in [0.15, 0.2) is 10.3 Å². The Balaban J connectivity index is 2.32. The van der Waals surface area contributed by atoms with Crippen LogP contribution in [0, 0.1) is 18.8 Å². The van der Waals surface area contributed by atoms with Crippen LogP contribution >= 0.6 is 11.3 Å². The Labute approximate surface area is 129 Å². The van der Waals surface area contributed by atoms with Crippen molar-refractivity contribution >= 4 is 27.3 Å². The number of carbonyl (C=O) groups excluding carboxylic acids is 1. The highest BCUT2D eigenvalue weighted by molar-refractivity contribution is 7.89. The molecule has 118 valence electrons. The minimum atomic E-state index is -3.71. The summed E-state index contributed by atoms with van der Waals surface area (Å²) in [7, 11) is -2.46. The van der Waals surface area contributed by atoms with E-state index in [9.17, 15) is 13.2 Å². The van der Waals surface area contributed by atoms with Crippen LogP contribution in [0.1, 0.15) is 41.9 Å². The Morgan fingerprint density at radius 2 is 2.05 bits per heavy atom. The predicted octanol–water partition coefficient (Wildman–Crippen LogP) is 2.56. The van der Waals surface area contributed by atoms with E-state index in [4.69, 9.17) is 0 Å². The summed E-state index contributed by atoms with van der Waals surface area (Å²) in [6.07, 6.45) is 1.85. The smallest absolute Gasteiger partial charge is 0.349 e. The van der Waals surface area contributed by atoms with E-state index in [2.05, 4.69) is 23.3 Å². The van der Waals surface area contributed by atoms with Gasteiger partial charge in [-0.25, -0.2) is 17.9 Å². The zero-order chi connectivity index (χ0) is 15.8. The number of hydrogen-bond donors (Lipinski definition) is 1. The van der Waals surface area contributed by atoms with Crippen LogP contribution < -0.4 is 4.72 Å². The first-order chi connectivity index (χ1) is 9.77. The lowest BCUT2D eigenvalue weighted by Gasteiger charge is -2.20. The molecule has 7 heteroatoms. The maximum atomic E-state index is 12.7. The molecule has 5 nitrogen and oxygen atoms in total. The van der Waals surface area contributed by atoms with Crippen molar-refractivity contribution in [3.63, 3.8) is 0 Å². The van der Waals surface area contributed by atoms with Crippen molar-refractivity contribution in [2.45, 2.75) is 44.6 Å². The second kappa shape index (κ2) is 6.06. The van der Waals surface area contributed by atoms with Crippen molar-refractivity contribution in [1.82, 2.24) is 4.72 Å². The van der Waals surface area contributed by atoms with E-state index in [-0.39, 0.29) is 15.8 Å². The molecule has 0 spiro atoms. The topological polar surface area (TPSA) is 72.5 Å². The average Bonchev–Trinajstić information content (AvgIpc) is 2.96. The van der Waals surface area contributed by atoms with E-state index in [0.717, 1.165) is 24.2 Å². The number of rotatable bonds is 4. The molecule has 1 heterocycles. The summed E-state index contributed by atoms with van der Waals surface area (Å²) in [4.78, 5) is 11.9. The Morgan fingerprint density at radius 1 is 1.38 bits per heavy atom. The van der Waals surface area contributed by atoms with Crippen LogP contribution in [0.3, 0.4) is 0 Å². The fraction of sp³-hybridized carbons (Fsp3) is 0.643. The summed E-state index contributed by atoms with van der Waals surface area (Å²) in [5.74, 6) is 0.183. The molecule has 0 saturated heterocycles. The fourth-order valence-corrected chi connectivity index (χ4v) is 5.86. The third-order valence-electron chi connectivity index (χ3n) is 4.33. The largest absolute Gasteiger partial charge is 0.465 e. The van der Waals surface area contributed by atoms with E-state index in [1.54, 1.807) is 12.3 Å². The number of methoxy groups -OCH3 is 1. The van der Waals surface area contributed by atoms with Gasteiger partial charge in [0.2, 0.25) is 10.0 Å². The minimum Gasteiger partial charge on any atom is -0.465 e. The lowest BCUT2D eigenvalue weighted by atomic mass is 9.98. The van der Waals surface area contributed by atoms with Crippen LogP contribution in [0.5, 0.6) is 0 Å². The van der Waals surface area contributed by atoms with Gasteiger partial charge in [-0.1, -0.05) is 13.8 Å². The van der Waals surface area contributed by atoms with Crippen molar-refractivity contribution in [1.29, 1.82) is 0 Å². The van der Waals surface area contributed by atoms with E-state index < -0.39 is 16.0 Å². The van der Waals surface area contributed by atoms with Crippen LogP contribution in [-0.4, -0.2) is 27.5 Å². The molecular weight excluding hydrogens is 310 g/mol. The third kappa shape index (κ3) is 3.14. The standard InChI is InChI=1S/C14H21NO4S2/c1-8-5-6-11(10(8)3)15-21(17,18)13-9(2)7-20-12(13)14(16)19-4/h7-8,10-11,15H,5-6H2,1-4H3. The van der Waals surface area contributed by atoms with Gasteiger partial charge in [0, 0.05) is 6.04 Å². The van der Waals surface area contributed by atoms with Gasteiger partial charge < -0.3 is 4.74 Å². The van der Waals surface area contributed by atoms with Crippen molar-refractivity contribution in [3.05, 3.63) is 15.8 Å². The molecule has 1 saturated carbocycles. The molecule has 0 radical (unpaired) electrons. The maximum absolute atomic E-state index is 12.7. The fourth-order valence-electron chi connectivity index (χ4n) is 2.79. The number of aryl methyl sites for hydroxylation is 1. The minimum absolute atomic E-state index is 0.0612. The van der Waals surface area contributed by atoms with E-state index in [1.165, 1.54) is 7.11 Å². The van der Waals surface area contributed by atoms with E-state index >= 15 is 0 Å². The van der Waals surface area contributed by atoms with Crippen molar-refractivity contribution in [2.75, 3.05) is 7.11 Å². The number of carbonyl (C=O) groups is 1. The predicted molar refractivity (Wildman–Crippen MR) is 82.1 cm³/mol. The maximum Gasteiger partial charge on any atom is 0.349 e. The van der Waals surface area contributed by atoms with Gasteiger partial charge in [0.25, 0.3) is 0 Å². The average molecular weight is 331 g/mol. The van der Waals surface area contributed by atoms with Crippen molar-refractivity contribution in [3.8, 4) is 0 Å². The number of sulfonamides is 1. The SMILES string of the molecule is COC(=O)c1scc(C)c1S(=O)(=O)NC1CCC(C)C1C. The molecule has 1 aliphatic rings. The summed E-state index contributed by atoms with van der Waals surface area (Å²) in [6, 6.07) is -0.0743. The number of hydrogen-bond acceptors (Lipinski definition) is 5. The Kier molecular flexibility index (Phi) is 4.75. The lowest BCUT2D eigenvalue weighted by Crippen LogP contribution is -2.37. The summed E-state index contributed by atoms with van der Waals surface area (Å²) in [5.41, 5.74) is 0.576. The Hall–Kier alpha value is -0.920. The van der Waals surface area contributed by atoms with Gasteiger partial charge in [-0.3, -0.25) is 0 Å². The van der Waals surface area contributed by atoms with Crippen molar-refractivity contribution < 1.29 is 17.9 Å². The molecule has 1 aromatic heterocycles. The summed E-state index contributed by atoms with van der Waals surface area (Å²) < 4.78 is 32.7. The zero-order valence-corrected chi connectivity index (χ0v) is 14.3. The highest BCUT2D eigenvalue weighted by atomic mass is 32.2. The van der Waals surface area contributed by atoms with Gasteiger partial charge in [-0.05, 0) is 42.5 Å². The summed E-state index contributed by atoms with van der Waals surface area (Å²) in [6.45, 7) is 5.89. The highest BCUT2D eigenvalue weighted by Gasteiger charge is 2.35. The number of nitrogens with one attached hydrogen (secondary N) is 1. The Morgan fingerprint density at radius 3 is 2.57 bits per heavy atom. The first-order valence-corrected chi connectivity index (χ1v) is 9.33. The first kappa shape index (κ1) is 16.5. The lowest BCUT2D eigenvalue weighted by molar-refractivity contribution is 0.0602. The number of ether oxygens (including phenoxy) is 1. The quantitative estimate of drug-likeness (QED) is 0.861. The molecule has 3 unspecified atom stereocenters. The van der Waals surface area contributed by atoms with Crippen molar-refractivity contribution in [2.24, 2.45) is 11.8 Å². The van der Waals surface area contributed by atoms with Gasteiger partial charge in [-0.15, -0.1) is 11.3 Å². The second-order valence-corrected chi connectivity index (χ2v) is 8.24. The van der Waals surface area contributed by atoms with Crippen LogP contribution in [0.25, 0.3) is 0 Å². The second-order valence-electron chi connectivity index (χ2n) is 5.71. The molecule has 3 atom stereocenters. The van der Waals surface area contributed by atoms with Gasteiger partial charge in [0.15, 0.2) is 0 Å². The molecule has 21 heavy (non-hydrogen) atoms. The molecular formula is C14H21NO4S2. The summed E-state index contributed by atoms with van der Waals surface area (Å²) in [5, 5.41) is 1.67. The molecule has 1 fully saturated rings. The van der Waals surface area contributed by atoms with E-state index in [1.807, 2.05) is 0 Å². The number of thiophene rings is 1. The summed E-state index contributed by atoms with van der Waals surface area (Å²) >= 11 is 1.10. The van der Waals surface area contributed by atoms with Crippen LogP contribution in [0.4, 0.5) is 0 Å². The molecule has 0 amide bonds. The normalized spacial score (nSPS) is 26.0. The molecule has 0 aliphatic heterocycles. The van der Waals surface area contributed by atoms with Gasteiger partial charge in [0.05, 0.1) is 7.11 Å². The third-order valence-corrected chi connectivity index (χ3v) is 7.21. The highest BCUT2D eigenvalue weighted by Crippen LogP contribution is 2.33. The van der Waals surface area contributed by atoms with Gasteiger partial charge in [-0.2, -0.15) is 0 Å². The number of esters is 1. The first-order valence-electron chi connectivity index (χ1n) is 6.96. The van der Waals surface area contributed by atoms with E-state index in [0.29, 0.717) is 17.4 Å². The zero-order valence-electron chi connectivity index (χ0n) is 12.7.